The molecule has 2 aliphatic rings. The molecule has 0 saturated carbocycles. The van der Waals surface area contributed by atoms with Crippen LogP contribution in [0.5, 0.6) is 0 Å². The van der Waals surface area contributed by atoms with Crippen LogP contribution in [0.4, 0.5) is 17.1 Å². The van der Waals surface area contributed by atoms with Crippen molar-refractivity contribution in [1.29, 1.82) is 0 Å². The maximum atomic E-state index is 8.60. The van der Waals surface area contributed by atoms with Crippen molar-refractivity contribution in [2.75, 3.05) is 16.3 Å². The maximum absolute atomic E-state index is 8.60. The van der Waals surface area contributed by atoms with Crippen molar-refractivity contribution in [3.05, 3.63) is 152 Å². The third-order valence-corrected chi connectivity index (χ3v) is 11.2. The minimum Gasteiger partial charge on any atom is -0.690 e. The van der Waals surface area contributed by atoms with E-state index in [4.69, 9.17) is 28.5 Å². The Morgan fingerprint density at radius 3 is 2.18 bits per heavy atom. The molecule has 5 aromatic rings. The summed E-state index contributed by atoms with van der Waals surface area (Å²) in [5, 5.41) is 18.2. The number of anilines is 3. The highest BCUT2D eigenvalue weighted by atomic mass is 35.5. The number of aromatic nitrogens is 1. The van der Waals surface area contributed by atoms with Crippen LogP contribution in [0.3, 0.4) is 0 Å². The topological polar surface area (TPSA) is 61.1 Å². The van der Waals surface area contributed by atoms with Crippen LogP contribution in [0.15, 0.2) is 142 Å². The van der Waals surface area contributed by atoms with E-state index in [0.717, 1.165) is 47.4 Å². The highest BCUT2D eigenvalue weighted by molar-refractivity contribution is 8.03. The Bertz CT molecular complexity index is 2060. The quantitative estimate of drug-likeness (QED) is 0.0795. The van der Waals surface area contributed by atoms with E-state index >= 15 is 0 Å². The third-order valence-electron chi connectivity index (χ3n) is 8.45. The number of benzene rings is 4. The van der Waals surface area contributed by atoms with Crippen molar-refractivity contribution < 1.29 is 24.3 Å². The standard InChI is InChI=1S/C39H34Cl2N3S2.ClHO4/c1-3-42-33-25-29(40)19-21-35(33)45-37(42)23-17-27-15-16-28(18-24-38-43(4-2)34-26-30(41)20-22-36(34)46-38)39(27)44(31-11-7-5-8-12-31)32-13-9-6-10-14-32;1-3-5-4-2/h5-14,17-26H,3-4,15-16H2,1-2H3;2H/q+1;/p-1. The van der Waals surface area contributed by atoms with Crippen LogP contribution < -0.4 is 19.6 Å². The monoisotopic (exact) mass is 777 g/mol. The summed E-state index contributed by atoms with van der Waals surface area (Å²) in [6.45, 7) is 6.14. The lowest BCUT2D eigenvalue weighted by Crippen LogP contribution is -2.33. The molecule has 4 aromatic carbocycles. The van der Waals surface area contributed by atoms with E-state index in [-0.39, 0.29) is 0 Å². The van der Waals surface area contributed by atoms with Gasteiger partial charge in [-0.2, -0.15) is 4.57 Å². The highest BCUT2D eigenvalue weighted by Crippen LogP contribution is 2.47. The summed E-state index contributed by atoms with van der Waals surface area (Å²) in [4.78, 5) is 6.01. The molecule has 51 heavy (non-hydrogen) atoms. The van der Waals surface area contributed by atoms with Crippen LogP contribution in [-0.4, -0.2) is 6.54 Å². The molecule has 7 rings (SSSR count). The fourth-order valence-electron chi connectivity index (χ4n) is 6.29. The first-order valence-corrected chi connectivity index (χ1v) is 19.0. The minimum absolute atomic E-state index is 0.766. The summed E-state index contributed by atoms with van der Waals surface area (Å²) >= 11 is 20.7. The number of para-hydroxylation sites is 2. The van der Waals surface area contributed by atoms with E-state index in [9.17, 15) is 0 Å². The molecule has 2 heterocycles. The van der Waals surface area contributed by atoms with Crippen molar-refractivity contribution in [3.63, 3.8) is 0 Å². The lowest BCUT2D eigenvalue weighted by molar-refractivity contribution is -0.839. The number of rotatable bonds is 10. The van der Waals surface area contributed by atoms with E-state index in [1.807, 2.05) is 35.2 Å². The van der Waals surface area contributed by atoms with Gasteiger partial charge in [0.05, 0.1) is 16.4 Å². The second-order valence-corrected chi connectivity index (χ2v) is 14.5. The van der Waals surface area contributed by atoms with Gasteiger partial charge in [0, 0.05) is 45.0 Å². The normalized spacial score (nSPS) is 15.7. The lowest BCUT2D eigenvalue weighted by atomic mass is 10.1. The molecule has 1 aliphatic heterocycles. The first kappa shape index (κ1) is 37.2. The number of halogens is 3. The Morgan fingerprint density at radius 2 is 1.55 bits per heavy atom. The molecular formula is C39H34Cl3N3O4S2. The van der Waals surface area contributed by atoms with Crippen LogP contribution >= 0.6 is 58.2 Å². The molecule has 1 aliphatic carbocycles. The summed E-state index contributed by atoms with van der Waals surface area (Å²) in [7, 11) is 0. The van der Waals surface area contributed by atoms with Gasteiger partial charge in [-0.05, 0) is 105 Å². The lowest BCUT2D eigenvalue weighted by Gasteiger charge is -2.28. The molecule has 0 fully saturated rings. The Hall–Kier alpha value is -3.61. The number of hydrogen-bond acceptors (Lipinski definition) is 8. The van der Waals surface area contributed by atoms with Gasteiger partial charge in [0.2, 0.25) is 5.52 Å². The van der Waals surface area contributed by atoms with Crippen molar-refractivity contribution in [3.8, 4) is 0 Å². The van der Waals surface area contributed by atoms with Gasteiger partial charge < -0.3 is 15.1 Å². The molecule has 0 saturated heterocycles. The van der Waals surface area contributed by atoms with Crippen molar-refractivity contribution in [2.45, 2.75) is 38.1 Å². The fourth-order valence-corrected chi connectivity index (χ4v) is 8.86. The van der Waals surface area contributed by atoms with E-state index in [1.54, 1.807) is 0 Å². The molecule has 7 nitrogen and oxygen atoms in total. The van der Waals surface area contributed by atoms with Gasteiger partial charge in [-0.3, -0.25) is 5.04 Å². The first-order chi connectivity index (χ1) is 24.9. The molecule has 12 heteroatoms. The average molecular weight is 779 g/mol. The summed E-state index contributed by atoms with van der Waals surface area (Å²) in [5.41, 5.74) is 8.52. The number of aryl methyl sites for hydroxylation is 1. The van der Waals surface area contributed by atoms with E-state index in [0.29, 0.717) is 0 Å². The summed E-state index contributed by atoms with van der Waals surface area (Å²) in [6, 6.07) is 33.8. The molecule has 0 bridgehead atoms. The summed E-state index contributed by atoms with van der Waals surface area (Å²) < 4.78 is 6.72. The van der Waals surface area contributed by atoms with E-state index in [2.05, 4.69) is 164 Å². The second-order valence-electron chi connectivity index (χ2n) is 11.4. The largest absolute Gasteiger partial charge is 0.690 e. The Balaban J connectivity index is 0.000000839. The Labute approximate surface area is 320 Å². The van der Waals surface area contributed by atoms with Gasteiger partial charge in [0.15, 0.2) is 0 Å². The van der Waals surface area contributed by atoms with Gasteiger partial charge in [-0.1, -0.05) is 98.3 Å². The van der Waals surface area contributed by atoms with Crippen LogP contribution in [0.2, 0.25) is 10.0 Å². The number of fused-ring (bicyclic) bond motifs is 2. The van der Waals surface area contributed by atoms with Gasteiger partial charge >= 0.3 is 0 Å². The van der Waals surface area contributed by atoms with Gasteiger partial charge in [0.1, 0.15) is 23.1 Å². The van der Waals surface area contributed by atoms with Gasteiger partial charge in [-0.15, -0.1) is 0 Å². The number of thioether (sulfide) groups is 1. The second kappa shape index (κ2) is 17.7. The van der Waals surface area contributed by atoms with Gasteiger partial charge in [-0.25, -0.2) is 0 Å². The SMILES string of the molecule is CCN1/C(=C/C=C2\CCC(/C=C/c3sc4ccc(Cl)cc4[n+]3CC)=C2N(c2ccccc2)c2ccccc2)Sc2ccc(Cl)cc21.[O-]OOOCl. The van der Waals surface area contributed by atoms with Crippen molar-refractivity contribution >= 4 is 91.5 Å². The molecule has 0 amide bonds. The molecule has 0 spiro atoms. The molecule has 0 radical (unpaired) electrons. The molecule has 0 unspecified atom stereocenters. The Kier molecular flexibility index (Phi) is 12.9. The number of thiazole rings is 1. The zero-order valence-corrected chi connectivity index (χ0v) is 31.7. The molecule has 0 atom stereocenters. The van der Waals surface area contributed by atoms with Crippen LogP contribution in [-0.2, 0) is 21.1 Å². The fraction of sp³-hybridized carbons (Fsp3) is 0.154. The predicted molar refractivity (Wildman–Crippen MR) is 209 cm³/mol. The smallest absolute Gasteiger partial charge is 0.262 e. The number of nitrogens with zero attached hydrogens (tertiary/aromatic N) is 3. The number of allylic oxidation sites excluding steroid dienone is 5. The van der Waals surface area contributed by atoms with Crippen molar-refractivity contribution in [1.82, 2.24) is 0 Å². The van der Waals surface area contributed by atoms with Crippen LogP contribution in [0.1, 0.15) is 31.7 Å². The van der Waals surface area contributed by atoms with Crippen molar-refractivity contribution in [2.24, 2.45) is 0 Å². The number of hydrogen-bond donors (Lipinski definition) is 0. The van der Waals surface area contributed by atoms with Gasteiger partial charge in [0.25, 0.3) is 5.01 Å². The summed E-state index contributed by atoms with van der Waals surface area (Å²) in [5.74, 6) is 0. The predicted octanol–water partition coefficient (Wildman–Crippen LogP) is 11.1. The zero-order valence-electron chi connectivity index (χ0n) is 27.8. The van der Waals surface area contributed by atoms with Crippen LogP contribution in [0.25, 0.3) is 16.3 Å². The minimum atomic E-state index is 0.766. The molecule has 0 N–H and O–H groups in total. The third kappa shape index (κ3) is 8.55. The average Bonchev–Trinajstić information content (AvgIpc) is 3.83. The zero-order chi connectivity index (χ0) is 35.7. The van der Waals surface area contributed by atoms with Crippen LogP contribution in [0, 0.1) is 0 Å². The van der Waals surface area contributed by atoms with E-state index < -0.39 is 0 Å². The molecule has 1 aromatic heterocycles. The molecule has 262 valence electrons. The highest BCUT2D eigenvalue weighted by Gasteiger charge is 2.28. The summed E-state index contributed by atoms with van der Waals surface area (Å²) in [6.07, 6.45) is 11.2. The van der Waals surface area contributed by atoms with E-state index in [1.165, 1.54) is 47.7 Å². The molecular weight excluding hydrogens is 745 g/mol. The maximum Gasteiger partial charge on any atom is 0.262 e. The first-order valence-electron chi connectivity index (χ1n) is 16.3. The Morgan fingerprint density at radius 1 is 0.863 bits per heavy atom.